The number of rotatable bonds is 6. The van der Waals surface area contributed by atoms with Crippen molar-refractivity contribution in [3.63, 3.8) is 0 Å². The fraction of sp³-hybridized carbons (Fsp3) is 0.562. The summed E-state index contributed by atoms with van der Waals surface area (Å²) in [7, 11) is 0. The Hall–Kier alpha value is -4.53. The van der Waals surface area contributed by atoms with Crippen LogP contribution in [-0.4, -0.2) is 29.0 Å². The Balaban J connectivity index is 2.12. The molecule has 1 aromatic heterocycles. The van der Waals surface area contributed by atoms with Gasteiger partial charge < -0.3 is 15.3 Å². The number of phenolic OH excluding ortho intramolecular Hbond substituents is 3. The van der Waals surface area contributed by atoms with Crippen LogP contribution in [0.15, 0.2) is 50.8 Å². The van der Waals surface area contributed by atoms with Crippen molar-refractivity contribution in [3.05, 3.63) is 118 Å². The van der Waals surface area contributed by atoms with Gasteiger partial charge in [-0.2, -0.15) is 0 Å². The minimum Gasteiger partial charge on any atom is -0.507 e. The van der Waals surface area contributed by atoms with E-state index in [0.29, 0.717) is 44.5 Å². The van der Waals surface area contributed by atoms with Crippen LogP contribution < -0.4 is 17.1 Å². The number of aromatic hydroxyl groups is 3. The summed E-state index contributed by atoms with van der Waals surface area (Å²) in [6, 6.07) is 11.1. The maximum absolute atomic E-state index is 14.7. The minimum atomic E-state index is -0.778. The summed E-state index contributed by atoms with van der Waals surface area (Å²) in [5, 5.41) is 34.7. The summed E-state index contributed by atoms with van der Waals surface area (Å²) >= 11 is 0. The monoisotopic (exact) mass is 784 g/mol. The second kappa shape index (κ2) is 14.7. The minimum absolute atomic E-state index is 0.122. The highest BCUT2D eigenvalue weighted by molar-refractivity contribution is 5.53. The molecular formula is C48H69N3O6. The van der Waals surface area contributed by atoms with Gasteiger partial charge in [-0.3, -0.25) is 0 Å². The standard InChI is InChI=1S/C48H69N3O6/c1-43(2,3)31-20-19-30(36(39(31)54)48(16,17)18)27-51-41(56)49(25-28-21-32(44(4,5)6)37(52)33(22-28)45(7,8)9)40(55)50(42(51)57)26-29-23-34(46(10,11)12)38(53)35(24-29)47(13,14)15/h19-24,52-54H,25-27H2,1-18H3. The average molecular weight is 784 g/mol. The van der Waals surface area contributed by atoms with Crippen LogP contribution in [0, 0.1) is 0 Å². The summed E-state index contributed by atoms with van der Waals surface area (Å²) in [5.74, 6) is 0.480. The van der Waals surface area contributed by atoms with Crippen molar-refractivity contribution >= 4 is 0 Å². The normalized spacial score (nSPS) is 13.4. The Morgan fingerprint density at radius 2 is 0.667 bits per heavy atom. The maximum atomic E-state index is 14.7. The van der Waals surface area contributed by atoms with Crippen LogP contribution in [0.25, 0.3) is 0 Å². The lowest BCUT2D eigenvalue weighted by atomic mass is 9.77. The number of aromatic nitrogens is 3. The second-order valence-corrected chi connectivity index (χ2v) is 22.2. The molecule has 0 atom stereocenters. The van der Waals surface area contributed by atoms with E-state index in [0.717, 1.165) is 19.3 Å². The Morgan fingerprint density at radius 1 is 0.386 bits per heavy atom. The molecule has 4 rings (SSSR count). The number of nitrogens with zero attached hydrogens (tertiary/aromatic N) is 3. The molecule has 0 bridgehead atoms. The van der Waals surface area contributed by atoms with Crippen molar-refractivity contribution in [2.24, 2.45) is 0 Å². The number of benzene rings is 3. The number of phenols is 3. The van der Waals surface area contributed by atoms with E-state index in [1.807, 2.05) is 161 Å². The summed E-state index contributed by atoms with van der Waals surface area (Å²) in [4.78, 5) is 44.1. The van der Waals surface area contributed by atoms with Crippen LogP contribution in [0.1, 0.15) is 175 Å². The van der Waals surface area contributed by atoms with Crippen LogP contribution in [0.3, 0.4) is 0 Å². The number of hydrogen-bond donors (Lipinski definition) is 3. The quantitative estimate of drug-likeness (QED) is 0.179. The molecule has 0 saturated carbocycles. The summed E-state index contributed by atoms with van der Waals surface area (Å²) < 4.78 is 3.29. The van der Waals surface area contributed by atoms with Crippen LogP contribution in [0.4, 0.5) is 0 Å². The van der Waals surface area contributed by atoms with Crippen LogP contribution in [0.2, 0.25) is 0 Å². The third-order valence-corrected chi connectivity index (χ3v) is 10.8. The van der Waals surface area contributed by atoms with Crippen molar-refractivity contribution in [1.82, 2.24) is 13.7 Å². The first-order chi connectivity index (χ1) is 25.6. The number of hydrogen-bond acceptors (Lipinski definition) is 6. The molecule has 0 amide bonds. The predicted molar refractivity (Wildman–Crippen MR) is 233 cm³/mol. The third-order valence-electron chi connectivity index (χ3n) is 10.8. The van der Waals surface area contributed by atoms with E-state index in [1.54, 1.807) is 0 Å². The van der Waals surface area contributed by atoms with E-state index in [2.05, 4.69) is 0 Å². The second-order valence-electron chi connectivity index (χ2n) is 22.2. The Labute approximate surface area is 340 Å². The molecule has 0 saturated heterocycles. The molecule has 9 nitrogen and oxygen atoms in total. The Kier molecular flexibility index (Phi) is 11.6. The molecule has 0 aliphatic rings. The molecule has 0 aliphatic heterocycles. The maximum Gasteiger partial charge on any atom is 0.336 e. The molecule has 57 heavy (non-hydrogen) atoms. The van der Waals surface area contributed by atoms with Gasteiger partial charge in [0.2, 0.25) is 0 Å². The van der Waals surface area contributed by atoms with E-state index >= 15 is 0 Å². The van der Waals surface area contributed by atoms with Gasteiger partial charge in [0.1, 0.15) is 17.2 Å². The largest absolute Gasteiger partial charge is 0.507 e. The van der Waals surface area contributed by atoms with E-state index < -0.39 is 44.1 Å². The van der Waals surface area contributed by atoms with Gasteiger partial charge in [-0.25, -0.2) is 28.1 Å². The molecule has 9 heteroatoms. The molecular weight excluding hydrogens is 715 g/mol. The van der Waals surface area contributed by atoms with Gasteiger partial charge in [-0.15, -0.1) is 0 Å². The third kappa shape index (κ3) is 9.29. The van der Waals surface area contributed by atoms with E-state index in [-0.39, 0.29) is 42.3 Å². The average Bonchev–Trinajstić information content (AvgIpc) is 3.01. The molecule has 0 fully saturated rings. The van der Waals surface area contributed by atoms with Crippen molar-refractivity contribution in [1.29, 1.82) is 0 Å². The first kappa shape index (κ1) is 45.2. The van der Waals surface area contributed by atoms with Gasteiger partial charge in [-0.05, 0) is 101 Å². The van der Waals surface area contributed by atoms with Crippen molar-refractivity contribution in [3.8, 4) is 17.2 Å². The Bertz CT molecular complexity index is 2170. The first-order valence-electron chi connectivity index (χ1n) is 20.1. The topological polar surface area (TPSA) is 127 Å². The highest BCUT2D eigenvalue weighted by atomic mass is 16.3. The van der Waals surface area contributed by atoms with E-state index in [4.69, 9.17) is 0 Å². The van der Waals surface area contributed by atoms with Gasteiger partial charge in [-0.1, -0.05) is 137 Å². The first-order valence-corrected chi connectivity index (χ1v) is 20.1. The lowest BCUT2D eigenvalue weighted by molar-refractivity contribution is 0.417. The highest BCUT2D eigenvalue weighted by Gasteiger charge is 2.31. The smallest absolute Gasteiger partial charge is 0.336 e. The summed E-state index contributed by atoms with van der Waals surface area (Å²) in [6.07, 6.45) is 0. The van der Waals surface area contributed by atoms with Gasteiger partial charge in [0, 0.05) is 5.56 Å². The SMILES string of the molecule is CC(C)(C)c1cc(Cn2c(=O)n(Cc3cc(C(C)(C)C)c(O)c(C(C)(C)C)c3)c(=O)n(Cc3ccc(C(C)(C)C)c(O)c3C(C)(C)C)c2=O)cc(C(C)(C)C)c1O. The van der Waals surface area contributed by atoms with Crippen molar-refractivity contribution in [2.75, 3.05) is 0 Å². The lowest BCUT2D eigenvalue weighted by Gasteiger charge is -2.30. The van der Waals surface area contributed by atoms with Crippen LogP contribution in [-0.2, 0) is 52.1 Å². The van der Waals surface area contributed by atoms with Gasteiger partial charge in [0.05, 0.1) is 19.6 Å². The van der Waals surface area contributed by atoms with Gasteiger partial charge >= 0.3 is 17.1 Å². The summed E-state index contributed by atoms with van der Waals surface area (Å²) in [6.45, 7) is 35.5. The molecule has 3 N–H and O–H groups in total. The van der Waals surface area contributed by atoms with Crippen molar-refractivity contribution in [2.45, 2.75) is 177 Å². The zero-order valence-electron chi connectivity index (χ0n) is 38.0. The van der Waals surface area contributed by atoms with Gasteiger partial charge in [0.25, 0.3) is 0 Å². The predicted octanol–water partition coefficient (Wildman–Crippen LogP) is 9.22. The summed E-state index contributed by atoms with van der Waals surface area (Å²) in [5.41, 5.74) is 0.891. The fourth-order valence-corrected chi connectivity index (χ4v) is 7.69. The zero-order valence-corrected chi connectivity index (χ0v) is 38.0. The molecule has 3 aromatic carbocycles. The molecule has 0 spiro atoms. The highest BCUT2D eigenvalue weighted by Crippen LogP contribution is 2.43. The van der Waals surface area contributed by atoms with E-state index in [9.17, 15) is 29.7 Å². The zero-order chi connectivity index (χ0) is 43.8. The van der Waals surface area contributed by atoms with Gasteiger partial charge in [0.15, 0.2) is 0 Å². The van der Waals surface area contributed by atoms with Crippen molar-refractivity contribution < 1.29 is 15.3 Å². The molecule has 4 aromatic rings. The lowest BCUT2D eigenvalue weighted by Crippen LogP contribution is -2.55. The van der Waals surface area contributed by atoms with Crippen LogP contribution >= 0.6 is 0 Å². The molecule has 312 valence electrons. The fourth-order valence-electron chi connectivity index (χ4n) is 7.69. The molecule has 0 radical (unpaired) electrons. The molecule has 1 heterocycles. The molecule has 0 unspecified atom stereocenters. The molecule has 0 aliphatic carbocycles. The van der Waals surface area contributed by atoms with Crippen LogP contribution in [0.5, 0.6) is 17.2 Å². The Morgan fingerprint density at radius 3 is 0.930 bits per heavy atom. The van der Waals surface area contributed by atoms with E-state index in [1.165, 1.54) is 0 Å².